The fourth-order valence-corrected chi connectivity index (χ4v) is 2.13. The molecule has 2 aromatic rings. The lowest BCUT2D eigenvalue weighted by atomic mass is 10.1. The molecule has 2 aromatic carbocycles. The van der Waals surface area contributed by atoms with Crippen molar-refractivity contribution >= 4 is 23.3 Å². The molecule has 0 aliphatic carbocycles. The van der Waals surface area contributed by atoms with E-state index in [1.165, 1.54) is 5.56 Å². The second-order valence-electron chi connectivity index (χ2n) is 4.46. The molecular formula is C16H16ClNO2. The van der Waals surface area contributed by atoms with E-state index in [2.05, 4.69) is 12.1 Å². The quantitative estimate of drug-likeness (QED) is 0.518. The number of aryl methyl sites for hydroxylation is 1. The van der Waals surface area contributed by atoms with Crippen LogP contribution in [-0.2, 0) is 11.2 Å². The summed E-state index contributed by atoms with van der Waals surface area (Å²) in [4.78, 5) is 11.8. The number of hydrogen-bond donors (Lipinski definition) is 1. The zero-order valence-corrected chi connectivity index (χ0v) is 11.8. The van der Waals surface area contributed by atoms with Crippen molar-refractivity contribution in [3.8, 4) is 0 Å². The lowest BCUT2D eigenvalue weighted by Gasteiger charge is -2.07. The third-order valence-corrected chi connectivity index (χ3v) is 3.21. The van der Waals surface area contributed by atoms with E-state index >= 15 is 0 Å². The second-order valence-corrected chi connectivity index (χ2v) is 4.87. The van der Waals surface area contributed by atoms with Gasteiger partial charge in [-0.3, -0.25) is 0 Å². The van der Waals surface area contributed by atoms with E-state index in [1.54, 1.807) is 18.2 Å². The molecule has 0 saturated heterocycles. The van der Waals surface area contributed by atoms with Gasteiger partial charge >= 0.3 is 5.97 Å². The van der Waals surface area contributed by atoms with Crippen LogP contribution in [0.5, 0.6) is 0 Å². The van der Waals surface area contributed by atoms with Gasteiger partial charge in [0, 0.05) is 5.69 Å². The van der Waals surface area contributed by atoms with Crippen molar-refractivity contribution in [1.29, 1.82) is 0 Å². The Kier molecular flexibility index (Phi) is 5.02. The van der Waals surface area contributed by atoms with E-state index in [-0.39, 0.29) is 0 Å². The molecule has 0 spiro atoms. The van der Waals surface area contributed by atoms with Gasteiger partial charge in [-0.2, -0.15) is 0 Å². The molecule has 104 valence electrons. The summed E-state index contributed by atoms with van der Waals surface area (Å²) in [5.41, 5.74) is 7.68. The number of nitrogen functional groups attached to an aromatic ring is 1. The number of ether oxygens (including phenoxy) is 1. The number of halogens is 1. The van der Waals surface area contributed by atoms with Crippen LogP contribution in [0.25, 0.3) is 0 Å². The summed E-state index contributed by atoms with van der Waals surface area (Å²) in [5.74, 6) is -0.414. The Morgan fingerprint density at radius 1 is 1.15 bits per heavy atom. The van der Waals surface area contributed by atoms with Gasteiger partial charge in [0.15, 0.2) is 0 Å². The van der Waals surface area contributed by atoms with Crippen molar-refractivity contribution in [3.63, 3.8) is 0 Å². The van der Waals surface area contributed by atoms with Crippen LogP contribution in [0.1, 0.15) is 22.3 Å². The van der Waals surface area contributed by atoms with Crippen LogP contribution in [0.15, 0.2) is 48.5 Å². The van der Waals surface area contributed by atoms with Crippen LogP contribution >= 0.6 is 11.6 Å². The molecule has 0 aliphatic heterocycles. The number of carbonyl (C=O) groups is 1. The highest BCUT2D eigenvalue weighted by Gasteiger charge is 2.11. The maximum absolute atomic E-state index is 11.8. The highest BCUT2D eigenvalue weighted by molar-refractivity contribution is 6.33. The van der Waals surface area contributed by atoms with E-state index in [4.69, 9.17) is 22.1 Å². The van der Waals surface area contributed by atoms with Crippen LogP contribution in [0, 0.1) is 0 Å². The van der Waals surface area contributed by atoms with Crippen LogP contribution in [0.2, 0.25) is 5.02 Å². The largest absolute Gasteiger partial charge is 0.462 e. The predicted octanol–water partition coefficient (Wildman–Crippen LogP) is 3.71. The zero-order chi connectivity index (χ0) is 14.4. The van der Waals surface area contributed by atoms with Gasteiger partial charge in [0.2, 0.25) is 0 Å². The fourth-order valence-electron chi connectivity index (χ4n) is 1.86. The zero-order valence-electron chi connectivity index (χ0n) is 11.0. The summed E-state index contributed by atoms with van der Waals surface area (Å²) < 4.78 is 5.21. The summed E-state index contributed by atoms with van der Waals surface area (Å²) in [6, 6.07) is 14.8. The Labute approximate surface area is 123 Å². The smallest absolute Gasteiger partial charge is 0.339 e. The van der Waals surface area contributed by atoms with Crippen molar-refractivity contribution in [2.45, 2.75) is 12.8 Å². The topological polar surface area (TPSA) is 52.3 Å². The van der Waals surface area contributed by atoms with Gasteiger partial charge in [-0.1, -0.05) is 41.9 Å². The van der Waals surface area contributed by atoms with Crippen LogP contribution in [0.3, 0.4) is 0 Å². The summed E-state index contributed by atoms with van der Waals surface area (Å²) >= 11 is 5.95. The minimum absolute atomic E-state index is 0.318. The van der Waals surface area contributed by atoms with Crippen LogP contribution < -0.4 is 5.73 Å². The second kappa shape index (κ2) is 6.96. The average Bonchev–Trinajstić information content (AvgIpc) is 2.44. The number of carbonyl (C=O) groups excluding carboxylic acids is 1. The van der Waals surface area contributed by atoms with E-state index in [0.29, 0.717) is 22.9 Å². The fraction of sp³-hybridized carbons (Fsp3) is 0.188. The lowest BCUT2D eigenvalue weighted by Crippen LogP contribution is -2.08. The first-order chi connectivity index (χ1) is 9.66. The number of nitrogens with two attached hydrogens (primary N) is 1. The maximum Gasteiger partial charge on any atom is 0.339 e. The van der Waals surface area contributed by atoms with Crippen molar-refractivity contribution in [2.75, 3.05) is 12.3 Å². The molecule has 0 aromatic heterocycles. The molecule has 3 nitrogen and oxygen atoms in total. The molecule has 0 aliphatic rings. The van der Waals surface area contributed by atoms with E-state index in [1.807, 2.05) is 18.2 Å². The molecule has 0 heterocycles. The highest BCUT2D eigenvalue weighted by Crippen LogP contribution is 2.20. The molecule has 0 fully saturated rings. The van der Waals surface area contributed by atoms with Crippen molar-refractivity contribution in [3.05, 3.63) is 64.7 Å². The Bertz CT molecular complexity index is 584. The number of hydrogen-bond acceptors (Lipinski definition) is 3. The third-order valence-electron chi connectivity index (χ3n) is 2.90. The molecule has 4 heteroatoms. The molecule has 2 rings (SSSR count). The summed E-state index contributed by atoms with van der Waals surface area (Å²) in [6.07, 6.45) is 1.66. The standard InChI is InChI=1S/C16H16ClNO2/c17-15-11-13(18)8-9-14(15)16(19)20-10-4-7-12-5-2-1-3-6-12/h1-3,5-6,8-9,11H,4,7,10,18H2. The number of rotatable bonds is 5. The maximum atomic E-state index is 11.8. The van der Waals surface area contributed by atoms with E-state index < -0.39 is 5.97 Å². The first-order valence-electron chi connectivity index (χ1n) is 6.43. The minimum Gasteiger partial charge on any atom is -0.462 e. The van der Waals surface area contributed by atoms with Gasteiger partial charge in [0.05, 0.1) is 17.2 Å². The van der Waals surface area contributed by atoms with Gasteiger partial charge in [-0.05, 0) is 36.6 Å². The molecule has 0 radical (unpaired) electrons. The Morgan fingerprint density at radius 3 is 2.60 bits per heavy atom. The third kappa shape index (κ3) is 4.00. The monoisotopic (exact) mass is 289 g/mol. The molecule has 0 amide bonds. The highest BCUT2D eigenvalue weighted by atomic mass is 35.5. The van der Waals surface area contributed by atoms with Crippen molar-refractivity contribution in [1.82, 2.24) is 0 Å². The van der Waals surface area contributed by atoms with Gasteiger partial charge in [-0.25, -0.2) is 4.79 Å². The molecule has 20 heavy (non-hydrogen) atoms. The number of anilines is 1. The van der Waals surface area contributed by atoms with Crippen LogP contribution in [-0.4, -0.2) is 12.6 Å². The van der Waals surface area contributed by atoms with Crippen molar-refractivity contribution < 1.29 is 9.53 Å². The summed E-state index contributed by atoms with van der Waals surface area (Å²) in [6.45, 7) is 0.369. The average molecular weight is 290 g/mol. The first kappa shape index (κ1) is 14.4. The molecule has 0 saturated carbocycles. The van der Waals surface area contributed by atoms with E-state index in [9.17, 15) is 4.79 Å². The minimum atomic E-state index is -0.414. The molecule has 2 N–H and O–H groups in total. The SMILES string of the molecule is Nc1ccc(C(=O)OCCCc2ccccc2)c(Cl)c1. The summed E-state index contributed by atoms with van der Waals surface area (Å²) in [5, 5.41) is 0.318. The van der Waals surface area contributed by atoms with Gasteiger partial charge < -0.3 is 10.5 Å². The summed E-state index contributed by atoms with van der Waals surface area (Å²) in [7, 11) is 0. The molecule has 0 unspecified atom stereocenters. The molecule has 0 bridgehead atoms. The number of esters is 1. The molecular weight excluding hydrogens is 274 g/mol. The Morgan fingerprint density at radius 2 is 1.90 bits per heavy atom. The van der Waals surface area contributed by atoms with Crippen molar-refractivity contribution in [2.24, 2.45) is 0 Å². The number of benzene rings is 2. The van der Waals surface area contributed by atoms with Gasteiger partial charge in [-0.15, -0.1) is 0 Å². The first-order valence-corrected chi connectivity index (χ1v) is 6.80. The van der Waals surface area contributed by atoms with Gasteiger partial charge in [0.1, 0.15) is 0 Å². The molecule has 0 atom stereocenters. The lowest BCUT2D eigenvalue weighted by molar-refractivity contribution is 0.0501. The Balaban J connectivity index is 1.80. The predicted molar refractivity (Wildman–Crippen MR) is 80.9 cm³/mol. The van der Waals surface area contributed by atoms with Gasteiger partial charge in [0.25, 0.3) is 0 Å². The normalized spacial score (nSPS) is 10.2. The van der Waals surface area contributed by atoms with Crippen LogP contribution in [0.4, 0.5) is 5.69 Å². The van der Waals surface area contributed by atoms with E-state index in [0.717, 1.165) is 12.8 Å². The Hall–Kier alpha value is -2.00.